The number of carbonyl (C=O) groups excluding carboxylic acids is 1. The molecule has 136 valence electrons. The first-order valence-corrected chi connectivity index (χ1v) is 8.95. The molecule has 9 heteroatoms. The molecule has 0 unspecified atom stereocenters. The molecule has 0 radical (unpaired) electrons. The number of benzene rings is 2. The van der Waals surface area contributed by atoms with E-state index in [1.54, 1.807) is 11.8 Å². The molecule has 2 aromatic heterocycles. The van der Waals surface area contributed by atoms with Crippen molar-refractivity contribution in [1.82, 2.24) is 24.7 Å². The average Bonchev–Trinajstić information content (AvgIpc) is 3.16. The largest absolute Gasteiger partial charge is 0.412 e. The van der Waals surface area contributed by atoms with Gasteiger partial charge in [0, 0.05) is 9.79 Å². The summed E-state index contributed by atoms with van der Waals surface area (Å²) in [7, 11) is 0. The molecule has 2 heterocycles. The number of aromatic nitrogens is 5. The molecule has 0 spiro atoms. The lowest BCUT2D eigenvalue weighted by molar-refractivity contribution is 0.207. The third-order valence-electron chi connectivity index (χ3n) is 3.82. The molecule has 27 heavy (non-hydrogen) atoms. The summed E-state index contributed by atoms with van der Waals surface area (Å²) in [6, 6.07) is 13.9. The van der Waals surface area contributed by atoms with Gasteiger partial charge in [-0.2, -0.15) is 10.1 Å². The Morgan fingerprint density at radius 2 is 1.85 bits per heavy atom. The van der Waals surface area contributed by atoms with Crippen molar-refractivity contribution < 1.29 is 9.53 Å². The summed E-state index contributed by atoms with van der Waals surface area (Å²) in [5, 5.41) is 4.39. The monoisotopic (exact) mass is 380 g/mol. The number of fused-ring (bicyclic) bond motifs is 1. The molecule has 4 aromatic rings. The second-order valence-electron chi connectivity index (χ2n) is 5.86. The van der Waals surface area contributed by atoms with Crippen LogP contribution in [0.1, 0.15) is 11.6 Å². The predicted octanol–water partition coefficient (Wildman–Crippen LogP) is 3.37. The number of primary amides is 1. The number of imidazole rings is 1. The second-order valence-corrected chi connectivity index (χ2v) is 7.00. The van der Waals surface area contributed by atoms with Gasteiger partial charge in [0.05, 0.1) is 16.7 Å². The molecule has 1 amide bonds. The number of aryl methyl sites for hydroxylation is 2. The first-order chi connectivity index (χ1) is 13.0. The van der Waals surface area contributed by atoms with E-state index < -0.39 is 6.09 Å². The molecular formula is C18H16N6O2S. The lowest BCUT2D eigenvalue weighted by Crippen LogP contribution is -2.16. The third kappa shape index (κ3) is 3.63. The van der Waals surface area contributed by atoms with E-state index in [1.165, 1.54) is 0 Å². The zero-order chi connectivity index (χ0) is 19.0. The van der Waals surface area contributed by atoms with E-state index in [0.717, 1.165) is 32.6 Å². The van der Waals surface area contributed by atoms with Gasteiger partial charge in [0.25, 0.3) is 0 Å². The molecule has 2 aromatic carbocycles. The van der Waals surface area contributed by atoms with Gasteiger partial charge in [-0.05, 0) is 56.3 Å². The van der Waals surface area contributed by atoms with E-state index in [0.29, 0.717) is 5.52 Å². The molecule has 0 fully saturated rings. The summed E-state index contributed by atoms with van der Waals surface area (Å²) in [5.74, 6) is 1.60. The maximum atomic E-state index is 10.8. The van der Waals surface area contributed by atoms with Crippen LogP contribution in [0.25, 0.3) is 16.7 Å². The van der Waals surface area contributed by atoms with Crippen LogP contribution in [-0.4, -0.2) is 30.8 Å². The van der Waals surface area contributed by atoms with Gasteiger partial charge in [0.1, 0.15) is 11.6 Å². The van der Waals surface area contributed by atoms with E-state index in [1.807, 2.05) is 61.0 Å². The SMILES string of the molecule is Cc1nc(C)n(-c2ccc(Sc3ccc4[nH]c(OC(N)=O)nc4c3)cc2)n1. The van der Waals surface area contributed by atoms with Crippen LogP contribution in [0.3, 0.4) is 0 Å². The Kier molecular flexibility index (Phi) is 4.28. The Balaban J connectivity index is 1.54. The Morgan fingerprint density at radius 1 is 1.11 bits per heavy atom. The zero-order valence-electron chi connectivity index (χ0n) is 14.6. The highest BCUT2D eigenvalue weighted by Gasteiger charge is 2.09. The number of H-pyrrole nitrogens is 1. The van der Waals surface area contributed by atoms with Gasteiger partial charge in [-0.3, -0.25) is 0 Å². The first-order valence-electron chi connectivity index (χ1n) is 8.13. The molecule has 0 bridgehead atoms. The molecular weight excluding hydrogens is 364 g/mol. The minimum absolute atomic E-state index is 0.0856. The van der Waals surface area contributed by atoms with E-state index in [9.17, 15) is 4.79 Å². The quantitative estimate of drug-likeness (QED) is 0.561. The van der Waals surface area contributed by atoms with E-state index in [-0.39, 0.29) is 6.01 Å². The molecule has 8 nitrogen and oxygen atoms in total. The number of amides is 1. The van der Waals surface area contributed by atoms with Crippen LogP contribution >= 0.6 is 11.8 Å². The number of hydrogen-bond acceptors (Lipinski definition) is 6. The topological polar surface area (TPSA) is 112 Å². The molecule has 3 N–H and O–H groups in total. The van der Waals surface area contributed by atoms with Crippen molar-refractivity contribution in [3.63, 3.8) is 0 Å². The molecule has 0 aliphatic carbocycles. The maximum absolute atomic E-state index is 10.8. The summed E-state index contributed by atoms with van der Waals surface area (Å²) >= 11 is 1.61. The fraction of sp³-hybridized carbons (Fsp3) is 0.111. The summed E-state index contributed by atoms with van der Waals surface area (Å²) in [4.78, 5) is 24.4. The number of nitrogens with one attached hydrogen (secondary N) is 1. The minimum Gasteiger partial charge on any atom is -0.376 e. The molecule has 0 aliphatic rings. The number of rotatable bonds is 4. The lowest BCUT2D eigenvalue weighted by atomic mass is 10.3. The summed E-state index contributed by atoms with van der Waals surface area (Å²) in [6.07, 6.45) is -0.901. The Labute approximate surface area is 158 Å². The van der Waals surface area contributed by atoms with E-state index in [4.69, 9.17) is 10.5 Å². The van der Waals surface area contributed by atoms with E-state index >= 15 is 0 Å². The standard InChI is InChI=1S/C18H16N6O2S/c1-10-20-11(2)24(23-10)12-3-5-13(6-4-12)27-14-7-8-15-16(9-14)22-18(21-15)26-17(19)25/h3-9H,1-2H3,(H2,19,25)(H,21,22). The Morgan fingerprint density at radius 3 is 2.52 bits per heavy atom. The second kappa shape index (κ2) is 6.76. The van der Waals surface area contributed by atoms with Gasteiger partial charge < -0.3 is 15.5 Å². The van der Waals surface area contributed by atoms with Gasteiger partial charge in [0.2, 0.25) is 0 Å². The van der Waals surface area contributed by atoms with Crippen molar-refractivity contribution in [2.24, 2.45) is 5.73 Å². The van der Waals surface area contributed by atoms with Crippen LogP contribution in [0.4, 0.5) is 4.79 Å². The van der Waals surface area contributed by atoms with Crippen LogP contribution in [0.5, 0.6) is 6.01 Å². The van der Waals surface area contributed by atoms with Crippen molar-refractivity contribution in [2.45, 2.75) is 23.6 Å². The van der Waals surface area contributed by atoms with Gasteiger partial charge in [-0.1, -0.05) is 11.8 Å². The highest BCUT2D eigenvalue weighted by molar-refractivity contribution is 7.99. The van der Waals surface area contributed by atoms with Gasteiger partial charge in [0.15, 0.2) is 0 Å². The summed E-state index contributed by atoms with van der Waals surface area (Å²) in [5.41, 5.74) is 7.44. The molecule has 0 saturated carbocycles. The summed E-state index contributed by atoms with van der Waals surface area (Å²) in [6.45, 7) is 3.80. The van der Waals surface area contributed by atoms with Crippen molar-refractivity contribution in [3.8, 4) is 11.7 Å². The third-order valence-corrected chi connectivity index (χ3v) is 4.82. The fourth-order valence-electron chi connectivity index (χ4n) is 2.73. The van der Waals surface area contributed by atoms with Crippen LogP contribution in [0, 0.1) is 13.8 Å². The number of ether oxygens (including phenoxy) is 1. The highest BCUT2D eigenvalue weighted by atomic mass is 32.2. The number of nitrogens with two attached hydrogens (primary N) is 1. The molecule has 4 rings (SSSR count). The highest BCUT2D eigenvalue weighted by Crippen LogP contribution is 2.30. The molecule has 0 saturated heterocycles. The van der Waals surface area contributed by atoms with Crippen LogP contribution in [0.2, 0.25) is 0 Å². The van der Waals surface area contributed by atoms with Crippen molar-refractivity contribution in [3.05, 3.63) is 54.1 Å². The minimum atomic E-state index is -0.901. The van der Waals surface area contributed by atoms with E-state index in [2.05, 4.69) is 20.1 Å². The number of carbonyl (C=O) groups is 1. The number of hydrogen-bond donors (Lipinski definition) is 2. The number of nitrogens with zero attached hydrogens (tertiary/aromatic N) is 4. The lowest BCUT2D eigenvalue weighted by Gasteiger charge is -2.05. The zero-order valence-corrected chi connectivity index (χ0v) is 15.4. The smallest absolute Gasteiger partial charge is 0.376 e. The fourth-order valence-corrected chi connectivity index (χ4v) is 3.58. The van der Waals surface area contributed by atoms with Crippen LogP contribution < -0.4 is 10.5 Å². The normalized spacial score (nSPS) is 11.0. The van der Waals surface area contributed by atoms with Gasteiger partial charge >= 0.3 is 12.1 Å². The van der Waals surface area contributed by atoms with Crippen LogP contribution in [-0.2, 0) is 0 Å². The van der Waals surface area contributed by atoms with Gasteiger partial charge in [-0.15, -0.1) is 0 Å². The number of aromatic amines is 1. The molecule has 0 atom stereocenters. The summed E-state index contributed by atoms with van der Waals surface area (Å²) < 4.78 is 6.60. The van der Waals surface area contributed by atoms with Crippen molar-refractivity contribution in [2.75, 3.05) is 0 Å². The van der Waals surface area contributed by atoms with Crippen LogP contribution in [0.15, 0.2) is 52.3 Å². The maximum Gasteiger partial charge on any atom is 0.412 e. The van der Waals surface area contributed by atoms with Crippen molar-refractivity contribution in [1.29, 1.82) is 0 Å². The predicted molar refractivity (Wildman–Crippen MR) is 101 cm³/mol. The first kappa shape index (κ1) is 17.1. The average molecular weight is 380 g/mol. The van der Waals surface area contributed by atoms with Gasteiger partial charge in [-0.25, -0.2) is 14.5 Å². The Bertz CT molecular complexity index is 1130. The Hall–Kier alpha value is -3.33. The molecule has 0 aliphatic heterocycles. The van der Waals surface area contributed by atoms with Crippen molar-refractivity contribution >= 4 is 28.9 Å².